The average Bonchev–Trinajstić information content (AvgIpc) is 2.57. The first-order valence-electron chi connectivity index (χ1n) is 8.95. The number of phenols is 3. The standard InChI is InChI=1S/C21H22O6/c1-3-5-12-7-14(22)10-17(24)20(12)27-18-11-15(23)8-13-9-16(6-4-2)26-21(25)19(13)18/h7-11,22-24H,3-6H2,1-2H3. The molecule has 0 aliphatic rings. The maximum atomic E-state index is 12.5. The number of rotatable bonds is 6. The summed E-state index contributed by atoms with van der Waals surface area (Å²) in [4.78, 5) is 12.5. The van der Waals surface area contributed by atoms with Crippen LogP contribution in [0.25, 0.3) is 10.8 Å². The summed E-state index contributed by atoms with van der Waals surface area (Å²) < 4.78 is 11.2. The summed E-state index contributed by atoms with van der Waals surface area (Å²) in [7, 11) is 0. The first kappa shape index (κ1) is 18.6. The molecule has 0 amide bonds. The second kappa shape index (κ2) is 7.61. The largest absolute Gasteiger partial charge is 0.508 e. The molecule has 142 valence electrons. The molecule has 3 aromatic rings. The number of fused-ring (bicyclic) bond motifs is 1. The normalized spacial score (nSPS) is 11.0. The topological polar surface area (TPSA) is 100 Å². The number of benzene rings is 2. The van der Waals surface area contributed by atoms with Gasteiger partial charge in [0.05, 0.1) is 0 Å². The summed E-state index contributed by atoms with van der Waals surface area (Å²) in [5.41, 5.74) is 0.0275. The average molecular weight is 370 g/mol. The van der Waals surface area contributed by atoms with Crippen molar-refractivity contribution >= 4 is 10.8 Å². The molecule has 0 atom stereocenters. The highest BCUT2D eigenvalue weighted by molar-refractivity contribution is 5.89. The van der Waals surface area contributed by atoms with Gasteiger partial charge in [0.2, 0.25) is 0 Å². The Bertz CT molecular complexity index is 1040. The van der Waals surface area contributed by atoms with Crippen molar-refractivity contribution in [2.75, 3.05) is 0 Å². The molecule has 6 heteroatoms. The van der Waals surface area contributed by atoms with Crippen LogP contribution in [0.2, 0.25) is 0 Å². The summed E-state index contributed by atoms with van der Waals surface area (Å²) in [6.07, 6.45) is 2.75. The van der Waals surface area contributed by atoms with Crippen molar-refractivity contribution in [2.24, 2.45) is 0 Å². The summed E-state index contributed by atoms with van der Waals surface area (Å²) in [6, 6.07) is 7.16. The number of hydrogen-bond donors (Lipinski definition) is 3. The molecule has 6 nitrogen and oxygen atoms in total. The molecule has 0 spiro atoms. The second-order valence-corrected chi connectivity index (χ2v) is 6.46. The van der Waals surface area contributed by atoms with E-state index in [1.165, 1.54) is 24.3 Å². The van der Waals surface area contributed by atoms with E-state index in [0.29, 0.717) is 29.6 Å². The van der Waals surface area contributed by atoms with Crippen LogP contribution in [0.4, 0.5) is 0 Å². The zero-order chi connectivity index (χ0) is 19.6. The van der Waals surface area contributed by atoms with Gasteiger partial charge in [0.15, 0.2) is 11.5 Å². The van der Waals surface area contributed by atoms with E-state index in [1.54, 1.807) is 6.07 Å². The van der Waals surface area contributed by atoms with Gasteiger partial charge >= 0.3 is 5.63 Å². The molecule has 2 aromatic carbocycles. The molecule has 3 rings (SSSR count). The Hall–Kier alpha value is -3.15. The maximum Gasteiger partial charge on any atom is 0.347 e. The third-order valence-corrected chi connectivity index (χ3v) is 4.22. The van der Waals surface area contributed by atoms with Crippen LogP contribution in [0, 0.1) is 0 Å². The van der Waals surface area contributed by atoms with E-state index in [-0.39, 0.29) is 34.1 Å². The summed E-state index contributed by atoms with van der Waals surface area (Å²) >= 11 is 0. The fraction of sp³-hybridized carbons (Fsp3) is 0.286. The smallest absolute Gasteiger partial charge is 0.347 e. The van der Waals surface area contributed by atoms with Crippen LogP contribution in [0.5, 0.6) is 28.7 Å². The van der Waals surface area contributed by atoms with Crippen molar-refractivity contribution in [3.05, 3.63) is 52.1 Å². The van der Waals surface area contributed by atoms with Gasteiger partial charge in [0.25, 0.3) is 0 Å². The molecule has 0 unspecified atom stereocenters. The van der Waals surface area contributed by atoms with Gasteiger partial charge in [-0.15, -0.1) is 0 Å². The van der Waals surface area contributed by atoms with Crippen LogP contribution in [-0.4, -0.2) is 15.3 Å². The molecule has 1 heterocycles. The zero-order valence-electron chi connectivity index (χ0n) is 15.3. The predicted octanol–water partition coefficient (Wildman–Crippen LogP) is 4.61. The van der Waals surface area contributed by atoms with E-state index < -0.39 is 5.63 Å². The number of ether oxygens (including phenoxy) is 1. The Morgan fingerprint density at radius 2 is 1.63 bits per heavy atom. The van der Waals surface area contributed by atoms with E-state index in [9.17, 15) is 20.1 Å². The van der Waals surface area contributed by atoms with Crippen molar-refractivity contribution in [2.45, 2.75) is 39.5 Å². The lowest BCUT2D eigenvalue weighted by Crippen LogP contribution is -2.04. The summed E-state index contributed by atoms with van der Waals surface area (Å²) in [5.74, 6) is 0.361. The lowest BCUT2D eigenvalue weighted by atomic mass is 10.1. The first-order valence-corrected chi connectivity index (χ1v) is 8.95. The van der Waals surface area contributed by atoms with Gasteiger partial charge in [-0.2, -0.15) is 0 Å². The monoisotopic (exact) mass is 370 g/mol. The number of phenolic OH excluding ortho intramolecular Hbond substituents is 3. The Labute approximate surface area is 156 Å². The van der Waals surface area contributed by atoms with E-state index in [1.807, 2.05) is 13.8 Å². The quantitative estimate of drug-likeness (QED) is 0.586. The van der Waals surface area contributed by atoms with E-state index in [4.69, 9.17) is 9.15 Å². The van der Waals surface area contributed by atoms with Crippen molar-refractivity contribution in [1.82, 2.24) is 0 Å². The highest BCUT2D eigenvalue weighted by Gasteiger charge is 2.17. The van der Waals surface area contributed by atoms with Crippen LogP contribution >= 0.6 is 0 Å². The van der Waals surface area contributed by atoms with Crippen molar-refractivity contribution < 1.29 is 24.5 Å². The van der Waals surface area contributed by atoms with Gasteiger partial charge in [0.1, 0.15) is 28.4 Å². The van der Waals surface area contributed by atoms with Gasteiger partial charge in [-0.1, -0.05) is 20.3 Å². The van der Waals surface area contributed by atoms with Crippen LogP contribution < -0.4 is 10.4 Å². The molecular weight excluding hydrogens is 348 g/mol. The number of aromatic hydroxyl groups is 3. The van der Waals surface area contributed by atoms with Crippen LogP contribution in [-0.2, 0) is 12.8 Å². The zero-order valence-corrected chi connectivity index (χ0v) is 15.3. The lowest BCUT2D eigenvalue weighted by Gasteiger charge is -2.15. The SMILES string of the molecule is CCCc1cc2cc(O)cc(Oc3c(O)cc(O)cc3CCC)c2c(=O)o1. The Balaban J connectivity index is 2.17. The van der Waals surface area contributed by atoms with E-state index in [2.05, 4.69) is 0 Å². The highest BCUT2D eigenvalue weighted by atomic mass is 16.5. The molecule has 0 bridgehead atoms. The minimum absolute atomic E-state index is 0.0686. The third-order valence-electron chi connectivity index (χ3n) is 4.22. The lowest BCUT2D eigenvalue weighted by molar-refractivity contribution is 0.397. The van der Waals surface area contributed by atoms with E-state index >= 15 is 0 Å². The summed E-state index contributed by atoms with van der Waals surface area (Å²) in [5, 5.41) is 30.7. The van der Waals surface area contributed by atoms with Gasteiger partial charge in [-0.05, 0) is 36.4 Å². The Morgan fingerprint density at radius 1 is 0.926 bits per heavy atom. The van der Waals surface area contributed by atoms with Gasteiger partial charge in [-0.3, -0.25) is 0 Å². The molecule has 1 aromatic heterocycles. The van der Waals surface area contributed by atoms with Gasteiger partial charge in [-0.25, -0.2) is 4.79 Å². The van der Waals surface area contributed by atoms with Crippen molar-refractivity contribution in [1.29, 1.82) is 0 Å². The molecule has 0 aliphatic carbocycles. The minimum Gasteiger partial charge on any atom is -0.508 e. The molecule has 27 heavy (non-hydrogen) atoms. The van der Waals surface area contributed by atoms with Gasteiger partial charge < -0.3 is 24.5 Å². The molecule has 0 fully saturated rings. The molecule has 3 N–H and O–H groups in total. The van der Waals surface area contributed by atoms with Crippen LogP contribution in [0.3, 0.4) is 0 Å². The molecule has 0 aliphatic heterocycles. The van der Waals surface area contributed by atoms with E-state index in [0.717, 1.165) is 12.8 Å². The van der Waals surface area contributed by atoms with Crippen molar-refractivity contribution in [3.63, 3.8) is 0 Å². The van der Waals surface area contributed by atoms with Gasteiger partial charge in [0, 0.05) is 24.1 Å². The number of hydrogen-bond acceptors (Lipinski definition) is 6. The first-order chi connectivity index (χ1) is 12.9. The highest BCUT2D eigenvalue weighted by Crippen LogP contribution is 2.40. The Morgan fingerprint density at radius 3 is 2.33 bits per heavy atom. The maximum absolute atomic E-state index is 12.5. The second-order valence-electron chi connectivity index (χ2n) is 6.46. The fourth-order valence-corrected chi connectivity index (χ4v) is 3.12. The summed E-state index contributed by atoms with van der Waals surface area (Å²) in [6.45, 7) is 3.93. The molecule has 0 radical (unpaired) electrons. The third kappa shape index (κ3) is 3.84. The molecule has 0 saturated heterocycles. The predicted molar refractivity (Wildman–Crippen MR) is 102 cm³/mol. The molecule has 0 saturated carbocycles. The number of aryl methyl sites for hydroxylation is 2. The van der Waals surface area contributed by atoms with Crippen LogP contribution in [0.1, 0.15) is 38.0 Å². The molecular formula is C21H22O6. The fourth-order valence-electron chi connectivity index (χ4n) is 3.12. The minimum atomic E-state index is -0.568. The van der Waals surface area contributed by atoms with Crippen LogP contribution in [0.15, 0.2) is 39.5 Å². The Kier molecular flexibility index (Phi) is 5.26. The van der Waals surface area contributed by atoms with Crippen molar-refractivity contribution in [3.8, 4) is 28.7 Å².